The van der Waals surface area contributed by atoms with Crippen molar-refractivity contribution in [1.29, 1.82) is 0 Å². The molecule has 0 aliphatic heterocycles. The first kappa shape index (κ1) is 21.7. The van der Waals surface area contributed by atoms with E-state index in [1.807, 2.05) is 4.90 Å². The van der Waals surface area contributed by atoms with Gasteiger partial charge in [-0.2, -0.15) is 0 Å². The van der Waals surface area contributed by atoms with Gasteiger partial charge in [-0.3, -0.25) is 4.79 Å². The topological polar surface area (TPSA) is 77.8 Å². The maximum Gasteiger partial charge on any atom is 0.376 e. The van der Waals surface area contributed by atoms with Crippen molar-refractivity contribution in [3.8, 4) is 0 Å². The summed E-state index contributed by atoms with van der Waals surface area (Å²) in [5.41, 5.74) is 2.58. The molecule has 0 bridgehead atoms. The van der Waals surface area contributed by atoms with Crippen molar-refractivity contribution >= 4 is 23.2 Å². The quantitative estimate of drug-likeness (QED) is 0.311. The average molecular weight is 423 g/mol. The van der Waals surface area contributed by atoms with E-state index in [-0.39, 0.29) is 17.2 Å². The fraction of sp³-hybridized carbons (Fsp3) is 0.0833. The third-order valence-corrected chi connectivity index (χ3v) is 4.56. The van der Waals surface area contributed by atoms with Gasteiger partial charge in [0.1, 0.15) is 17.4 Å². The summed E-state index contributed by atoms with van der Waals surface area (Å²) < 4.78 is 26.6. The van der Waals surface area contributed by atoms with Gasteiger partial charge in [0.15, 0.2) is 0 Å². The van der Waals surface area contributed by atoms with Gasteiger partial charge in [0.05, 0.1) is 0 Å². The molecule has 0 amide bonds. The standard InChI is InChI=1S/C24H19F2NO4/c25-19-8-4-16(5-9-19)14-27(15-17-6-10-20(26)11-7-17)21-3-1-2-18(12-21)22(28)13-23(29)24(30)31/h1-13,28H,14-15H2,(H,30,31)/b22-13-. The van der Waals surface area contributed by atoms with E-state index in [2.05, 4.69) is 0 Å². The lowest BCUT2D eigenvalue weighted by molar-refractivity contribution is -0.146. The van der Waals surface area contributed by atoms with Crippen LogP contribution in [0.3, 0.4) is 0 Å². The number of carbonyl (C=O) groups is 2. The minimum Gasteiger partial charge on any atom is -0.507 e. The molecule has 0 aliphatic rings. The molecular weight excluding hydrogens is 404 g/mol. The molecule has 31 heavy (non-hydrogen) atoms. The zero-order valence-corrected chi connectivity index (χ0v) is 16.3. The lowest BCUT2D eigenvalue weighted by Crippen LogP contribution is -2.22. The van der Waals surface area contributed by atoms with Gasteiger partial charge in [-0.25, -0.2) is 13.6 Å². The Labute approximate surface area is 177 Å². The second-order valence-electron chi connectivity index (χ2n) is 6.86. The van der Waals surface area contributed by atoms with Gasteiger partial charge < -0.3 is 15.1 Å². The van der Waals surface area contributed by atoms with Crippen LogP contribution in [0.5, 0.6) is 0 Å². The summed E-state index contributed by atoms with van der Waals surface area (Å²) in [4.78, 5) is 24.0. The first-order valence-electron chi connectivity index (χ1n) is 9.34. The highest BCUT2D eigenvalue weighted by atomic mass is 19.1. The van der Waals surface area contributed by atoms with Crippen molar-refractivity contribution in [2.24, 2.45) is 0 Å². The molecule has 0 saturated heterocycles. The minimum atomic E-state index is -1.67. The van der Waals surface area contributed by atoms with E-state index in [4.69, 9.17) is 5.11 Å². The van der Waals surface area contributed by atoms with E-state index in [9.17, 15) is 23.5 Å². The van der Waals surface area contributed by atoms with E-state index in [0.717, 1.165) is 11.1 Å². The van der Waals surface area contributed by atoms with Gasteiger partial charge in [0.2, 0.25) is 0 Å². The molecule has 3 aromatic rings. The third-order valence-electron chi connectivity index (χ3n) is 4.56. The molecule has 0 aliphatic carbocycles. The summed E-state index contributed by atoms with van der Waals surface area (Å²) in [6.45, 7) is 0.777. The number of hydrogen-bond donors (Lipinski definition) is 2. The lowest BCUT2D eigenvalue weighted by atomic mass is 10.1. The smallest absolute Gasteiger partial charge is 0.376 e. The van der Waals surface area contributed by atoms with Crippen molar-refractivity contribution < 1.29 is 28.6 Å². The van der Waals surface area contributed by atoms with Crippen LogP contribution in [0.2, 0.25) is 0 Å². The Morgan fingerprint density at radius 2 is 1.32 bits per heavy atom. The highest BCUT2D eigenvalue weighted by molar-refractivity contribution is 6.38. The molecule has 3 rings (SSSR count). The number of aliphatic carboxylic acids is 1. The Kier molecular flexibility index (Phi) is 6.77. The second-order valence-corrected chi connectivity index (χ2v) is 6.86. The van der Waals surface area contributed by atoms with Gasteiger partial charge >= 0.3 is 5.97 Å². The molecular formula is C24H19F2NO4. The molecule has 0 fully saturated rings. The number of hydrogen-bond acceptors (Lipinski definition) is 4. The van der Waals surface area contributed by atoms with Crippen LogP contribution < -0.4 is 4.90 Å². The Morgan fingerprint density at radius 1 is 0.806 bits per heavy atom. The predicted molar refractivity (Wildman–Crippen MR) is 112 cm³/mol. The maximum atomic E-state index is 13.3. The van der Waals surface area contributed by atoms with Crippen molar-refractivity contribution in [2.75, 3.05) is 4.90 Å². The molecule has 0 radical (unpaired) electrons. The van der Waals surface area contributed by atoms with E-state index < -0.39 is 17.5 Å². The molecule has 0 saturated carbocycles. The second kappa shape index (κ2) is 9.67. The zero-order valence-electron chi connectivity index (χ0n) is 16.3. The highest BCUT2D eigenvalue weighted by Crippen LogP contribution is 2.24. The number of aliphatic hydroxyl groups excluding tert-OH is 1. The molecule has 0 aromatic heterocycles. The van der Waals surface area contributed by atoms with Gasteiger partial charge in [-0.1, -0.05) is 36.4 Å². The van der Waals surface area contributed by atoms with Crippen LogP contribution in [0, 0.1) is 11.6 Å². The summed E-state index contributed by atoms with van der Waals surface area (Å²) in [6, 6.07) is 18.6. The lowest BCUT2D eigenvalue weighted by Gasteiger charge is -2.26. The predicted octanol–water partition coefficient (Wildman–Crippen LogP) is 4.72. The van der Waals surface area contributed by atoms with E-state index in [1.165, 1.54) is 24.3 Å². The number of anilines is 1. The SMILES string of the molecule is O=C(O)C(=O)/C=C(\O)c1cccc(N(Cc2ccc(F)cc2)Cc2ccc(F)cc2)c1. The van der Waals surface area contributed by atoms with Crippen LogP contribution in [0.4, 0.5) is 14.5 Å². The van der Waals surface area contributed by atoms with Crippen LogP contribution in [-0.4, -0.2) is 22.0 Å². The van der Waals surface area contributed by atoms with Crippen LogP contribution in [0.25, 0.3) is 5.76 Å². The number of carbonyl (C=O) groups excluding carboxylic acids is 1. The molecule has 0 atom stereocenters. The monoisotopic (exact) mass is 423 g/mol. The summed E-state index contributed by atoms with van der Waals surface area (Å²) >= 11 is 0. The fourth-order valence-corrected chi connectivity index (χ4v) is 2.99. The largest absolute Gasteiger partial charge is 0.507 e. The van der Waals surface area contributed by atoms with Crippen LogP contribution >= 0.6 is 0 Å². The number of aliphatic hydroxyl groups is 1. The average Bonchev–Trinajstić information content (AvgIpc) is 2.76. The zero-order chi connectivity index (χ0) is 22.4. The molecule has 2 N–H and O–H groups in total. The van der Waals surface area contributed by atoms with Gasteiger partial charge in [-0.05, 0) is 47.5 Å². The fourth-order valence-electron chi connectivity index (χ4n) is 2.99. The molecule has 0 heterocycles. The summed E-state index contributed by atoms with van der Waals surface area (Å²) in [6.07, 6.45) is 0.645. The highest BCUT2D eigenvalue weighted by Gasteiger charge is 2.14. The first-order chi connectivity index (χ1) is 14.8. The van der Waals surface area contributed by atoms with Crippen molar-refractivity contribution in [3.63, 3.8) is 0 Å². The van der Waals surface area contributed by atoms with Crippen molar-refractivity contribution in [3.05, 3.63) is 107 Å². The third kappa shape index (κ3) is 5.99. The Bertz CT molecular complexity index is 1060. The first-order valence-corrected chi connectivity index (χ1v) is 9.34. The summed E-state index contributed by atoms with van der Waals surface area (Å²) in [5, 5.41) is 18.9. The Morgan fingerprint density at radius 3 is 1.81 bits per heavy atom. The number of halogens is 2. The van der Waals surface area contributed by atoms with E-state index >= 15 is 0 Å². The number of rotatable bonds is 8. The number of benzene rings is 3. The summed E-state index contributed by atoms with van der Waals surface area (Å²) in [7, 11) is 0. The number of carboxylic acid groups (broad SMARTS) is 1. The number of ketones is 1. The minimum absolute atomic E-state index is 0.260. The maximum absolute atomic E-state index is 13.3. The van der Waals surface area contributed by atoms with E-state index in [1.54, 1.807) is 48.5 Å². The van der Waals surface area contributed by atoms with Crippen molar-refractivity contribution in [2.45, 2.75) is 13.1 Å². The summed E-state index contributed by atoms with van der Waals surface area (Å²) in [5.74, 6) is -4.09. The molecule has 7 heteroatoms. The molecule has 5 nitrogen and oxygen atoms in total. The normalized spacial score (nSPS) is 11.2. The Balaban J connectivity index is 1.94. The van der Waals surface area contributed by atoms with Gasteiger partial charge in [0, 0.05) is 30.4 Å². The number of carboxylic acids is 1. The molecule has 0 spiro atoms. The van der Waals surface area contributed by atoms with Crippen LogP contribution in [0.1, 0.15) is 16.7 Å². The van der Waals surface area contributed by atoms with E-state index in [0.29, 0.717) is 24.9 Å². The van der Waals surface area contributed by atoms with Gasteiger partial charge in [0.25, 0.3) is 5.78 Å². The molecule has 3 aromatic carbocycles. The van der Waals surface area contributed by atoms with Crippen LogP contribution in [-0.2, 0) is 22.7 Å². The molecule has 0 unspecified atom stereocenters. The van der Waals surface area contributed by atoms with Gasteiger partial charge in [-0.15, -0.1) is 0 Å². The van der Waals surface area contributed by atoms with Crippen molar-refractivity contribution in [1.82, 2.24) is 0 Å². The van der Waals surface area contributed by atoms with Crippen LogP contribution in [0.15, 0.2) is 78.9 Å². The molecule has 158 valence electrons. The number of nitrogens with zero attached hydrogens (tertiary/aromatic N) is 1. The Hall–Kier alpha value is -4.00.